The molecule has 95 valence electrons. The Morgan fingerprint density at radius 2 is 1.94 bits per heavy atom. The van der Waals surface area contributed by atoms with Crippen molar-refractivity contribution in [3.8, 4) is 5.75 Å². The first-order chi connectivity index (χ1) is 8.20. The Balaban J connectivity index is 2.40. The molecule has 0 heterocycles. The van der Waals surface area contributed by atoms with Gasteiger partial charge in [-0.05, 0) is 19.9 Å². The van der Waals surface area contributed by atoms with Crippen molar-refractivity contribution in [3.05, 3.63) is 30.3 Å². The van der Waals surface area contributed by atoms with Crippen LogP contribution in [0.3, 0.4) is 0 Å². The van der Waals surface area contributed by atoms with E-state index in [-0.39, 0.29) is 12.8 Å². The van der Waals surface area contributed by atoms with Gasteiger partial charge >= 0.3 is 7.60 Å². The molecule has 0 spiro atoms. The third-order valence-electron chi connectivity index (χ3n) is 1.95. The molecule has 1 radical (unpaired) electrons. The first-order valence-electron chi connectivity index (χ1n) is 5.68. The smallest absolute Gasteiger partial charge is 0.334 e. The van der Waals surface area contributed by atoms with Gasteiger partial charge in [0.05, 0.1) is 26.0 Å². The molecule has 0 aliphatic rings. The van der Waals surface area contributed by atoms with Gasteiger partial charge in [-0.15, -0.1) is 0 Å². The predicted octanol–water partition coefficient (Wildman–Crippen LogP) is 3.13. The van der Waals surface area contributed by atoms with E-state index in [1.54, 1.807) is 26.0 Å². The van der Waals surface area contributed by atoms with Crippen molar-refractivity contribution in [2.75, 3.05) is 26.0 Å². The maximum Gasteiger partial charge on any atom is 0.334 e. The monoisotopic (exact) mass is 257 g/mol. The summed E-state index contributed by atoms with van der Waals surface area (Å²) in [5.74, 6) is 0.632. The van der Waals surface area contributed by atoms with Gasteiger partial charge in [-0.25, -0.2) is 0 Å². The van der Waals surface area contributed by atoms with Crippen molar-refractivity contribution in [1.82, 2.24) is 0 Å². The highest BCUT2D eigenvalue weighted by Gasteiger charge is 2.23. The van der Waals surface area contributed by atoms with Crippen LogP contribution < -0.4 is 4.74 Å². The first-order valence-corrected chi connectivity index (χ1v) is 7.40. The molecule has 0 unspecified atom stereocenters. The molecule has 4 nitrogen and oxygen atoms in total. The van der Waals surface area contributed by atoms with Gasteiger partial charge in [-0.1, -0.05) is 18.2 Å². The Bertz CT molecular complexity index is 343. The summed E-state index contributed by atoms with van der Waals surface area (Å²) in [6, 6.07) is 10.2. The van der Waals surface area contributed by atoms with E-state index in [0.29, 0.717) is 19.0 Å². The van der Waals surface area contributed by atoms with Crippen molar-refractivity contribution in [2.45, 2.75) is 13.8 Å². The van der Waals surface area contributed by atoms with Crippen molar-refractivity contribution < 1.29 is 18.3 Å². The second kappa shape index (κ2) is 7.49. The molecule has 5 heteroatoms. The summed E-state index contributed by atoms with van der Waals surface area (Å²) in [6.07, 6.45) is 0.247. The third kappa shape index (κ3) is 5.35. The fourth-order valence-corrected chi connectivity index (χ4v) is 2.73. The lowest BCUT2D eigenvalue weighted by atomic mass is 10.3. The second-order valence-corrected chi connectivity index (χ2v) is 5.43. The van der Waals surface area contributed by atoms with Crippen LogP contribution in [0.5, 0.6) is 5.75 Å². The van der Waals surface area contributed by atoms with Crippen molar-refractivity contribution in [1.29, 1.82) is 0 Å². The molecule has 0 bridgehead atoms. The molecule has 1 rings (SSSR count). The molecule has 17 heavy (non-hydrogen) atoms. The summed E-state index contributed by atoms with van der Waals surface area (Å²) < 4.78 is 27.8. The predicted molar refractivity (Wildman–Crippen MR) is 66.5 cm³/mol. The molecular formula is C12H18O4P. The summed E-state index contributed by atoms with van der Waals surface area (Å²) in [6.45, 7) is 4.61. The van der Waals surface area contributed by atoms with Gasteiger partial charge in [0, 0.05) is 6.07 Å². The van der Waals surface area contributed by atoms with E-state index in [9.17, 15) is 4.57 Å². The number of benzene rings is 1. The van der Waals surface area contributed by atoms with E-state index in [2.05, 4.69) is 6.07 Å². The Morgan fingerprint density at radius 3 is 2.47 bits per heavy atom. The molecular weight excluding hydrogens is 239 g/mol. The number of rotatable bonds is 8. The molecule has 1 aromatic rings. The molecule has 0 aliphatic heterocycles. The van der Waals surface area contributed by atoms with Gasteiger partial charge in [0.2, 0.25) is 0 Å². The average molecular weight is 257 g/mol. The van der Waals surface area contributed by atoms with Gasteiger partial charge in [0.25, 0.3) is 0 Å². The Labute approximate surface area is 102 Å². The standard InChI is InChI=1S/C12H18O4P/c1-3-15-17(13,16-4-2)11-10-14-12-8-6-5-7-9-12/h5-8H,3-4,10-11H2,1-2H3. The lowest BCUT2D eigenvalue weighted by Gasteiger charge is -2.16. The second-order valence-electron chi connectivity index (χ2n) is 3.25. The number of hydrogen-bond acceptors (Lipinski definition) is 4. The molecule has 0 saturated carbocycles. The van der Waals surface area contributed by atoms with Crippen LogP contribution in [-0.2, 0) is 13.6 Å². The maximum atomic E-state index is 12.1. The zero-order chi connectivity index (χ0) is 12.6. The lowest BCUT2D eigenvalue weighted by Crippen LogP contribution is -2.08. The molecule has 0 N–H and O–H groups in total. The molecule has 0 fully saturated rings. The van der Waals surface area contributed by atoms with Crippen LogP contribution in [0, 0.1) is 6.07 Å². The fourth-order valence-electron chi connectivity index (χ4n) is 1.29. The highest BCUT2D eigenvalue weighted by Crippen LogP contribution is 2.47. The Hall–Kier alpha value is -0.830. The normalized spacial score (nSPS) is 11.4. The summed E-state index contributed by atoms with van der Waals surface area (Å²) >= 11 is 0. The third-order valence-corrected chi connectivity index (χ3v) is 3.99. The van der Waals surface area contributed by atoms with Crippen LogP contribution >= 0.6 is 7.60 Å². The van der Waals surface area contributed by atoms with E-state index in [1.807, 2.05) is 12.1 Å². The molecule has 0 atom stereocenters. The van der Waals surface area contributed by atoms with Gasteiger partial charge < -0.3 is 13.8 Å². The fraction of sp³-hybridized carbons (Fsp3) is 0.500. The molecule has 0 aliphatic carbocycles. The molecule has 0 amide bonds. The molecule has 0 saturated heterocycles. The van der Waals surface area contributed by atoms with Crippen LogP contribution in [0.25, 0.3) is 0 Å². The minimum absolute atomic E-state index is 0.247. The zero-order valence-corrected chi connectivity index (χ0v) is 11.1. The first kappa shape index (κ1) is 14.2. The minimum Gasteiger partial charge on any atom is -0.492 e. The zero-order valence-electron chi connectivity index (χ0n) is 10.2. The highest BCUT2D eigenvalue weighted by atomic mass is 31.2. The van der Waals surface area contributed by atoms with Crippen LogP contribution in [0.4, 0.5) is 0 Å². The van der Waals surface area contributed by atoms with Crippen molar-refractivity contribution in [3.63, 3.8) is 0 Å². The SMILES string of the molecule is CCOP(=O)(CCOc1[c]cccc1)OCC. The van der Waals surface area contributed by atoms with Gasteiger partial charge in [0.1, 0.15) is 5.75 Å². The van der Waals surface area contributed by atoms with E-state index >= 15 is 0 Å². The maximum absolute atomic E-state index is 12.1. The summed E-state index contributed by atoms with van der Waals surface area (Å²) in [5, 5.41) is 0. The van der Waals surface area contributed by atoms with Crippen molar-refractivity contribution in [2.24, 2.45) is 0 Å². The number of ether oxygens (including phenoxy) is 1. The lowest BCUT2D eigenvalue weighted by molar-refractivity contribution is 0.213. The van der Waals surface area contributed by atoms with E-state index < -0.39 is 7.60 Å². The highest BCUT2D eigenvalue weighted by molar-refractivity contribution is 7.53. The summed E-state index contributed by atoms with van der Waals surface area (Å²) in [7, 11) is -3.00. The van der Waals surface area contributed by atoms with Crippen molar-refractivity contribution >= 4 is 7.60 Å². The van der Waals surface area contributed by atoms with E-state index in [4.69, 9.17) is 13.8 Å². The summed E-state index contributed by atoms with van der Waals surface area (Å²) in [4.78, 5) is 0. The number of para-hydroxylation sites is 1. The minimum atomic E-state index is -3.00. The van der Waals surface area contributed by atoms with E-state index in [1.165, 1.54) is 0 Å². The van der Waals surface area contributed by atoms with Crippen LogP contribution in [0.15, 0.2) is 24.3 Å². The quantitative estimate of drug-likeness (QED) is 0.671. The molecule has 0 aromatic heterocycles. The van der Waals surface area contributed by atoms with E-state index in [0.717, 1.165) is 0 Å². The molecule has 1 aromatic carbocycles. The largest absolute Gasteiger partial charge is 0.492 e. The van der Waals surface area contributed by atoms with Crippen LogP contribution in [0.2, 0.25) is 0 Å². The Kier molecular flexibility index (Phi) is 6.27. The van der Waals surface area contributed by atoms with Gasteiger partial charge in [-0.2, -0.15) is 0 Å². The summed E-state index contributed by atoms with van der Waals surface area (Å²) in [5.41, 5.74) is 0. The van der Waals surface area contributed by atoms with Gasteiger partial charge in [-0.3, -0.25) is 4.57 Å². The number of hydrogen-bond donors (Lipinski definition) is 0. The average Bonchev–Trinajstić information content (AvgIpc) is 2.31. The topological polar surface area (TPSA) is 44.8 Å². The van der Waals surface area contributed by atoms with Crippen LogP contribution in [-0.4, -0.2) is 26.0 Å². The van der Waals surface area contributed by atoms with Gasteiger partial charge in [0.15, 0.2) is 0 Å². The Morgan fingerprint density at radius 1 is 1.24 bits per heavy atom. The van der Waals surface area contributed by atoms with Crippen LogP contribution in [0.1, 0.15) is 13.8 Å².